The smallest absolute Gasteiger partial charge is 0.543 e. The molecule has 0 aromatic carbocycles. The van der Waals surface area contributed by atoms with Gasteiger partial charge in [0, 0.05) is 30.0 Å². The summed E-state index contributed by atoms with van der Waals surface area (Å²) in [5, 5.41) is 13.9. The third kappa shape index (κ3) is 4.81. The minimum absolute atomic E-state index is 0. The van der Waals surface area contributed by atoms with Gasteiger partial charge in [-0.05, 0) is 6.92 Å². The third-order valence-corrected chi connectivity index (χ3v) is 4.95. The summed E-state index contributed by atoms with van der Waals surface area (Å²) in [6.45, 7) is 2.60. The van der Waals surface area contributed by atoms with Gasteiger partial charge in [-0.3, -0.25) is 14.5 Å². The van der Waals surface area contributed by atoms with Crippen LogP contribution >= 0.6 is 11.8 Å². The Kier molecular flexibility index (Phi) is 8.19. The van der Waals surface area contributed by atoms with Crippen molar-refractivity contribution in [2.24, 2.45) is 0 Å². The van der Waals surface area contributed by atoms with E-state index in [1.807, 2.05) is 0 Å². The fourth-order valence-corrected chi connectivity index (χ4v) is 3.82. The Bertz CT molecular complexity index is 691. The van der Waals surface area contributed by atoms with Gasteiger partial charge < -0.3 is 24.7 Å². The fourth-order valence-electron chi connectivity index (χ4n) is 2.49. The summed E-state index contributed by atoms with van der Waals surface area (Å²) >= 11 is 1.33. The molecule has 1 N–H and O–H groups in total. The largest absolute Gasteiger partial charge is 1.00 e. The first-order valence-corrected chi connectivity index (χ1v) is 8.35. The first kappa shape index (κ1) is 22.6. The van der Waals surface area contributed by atoms with E-state index in [9.17, 15) is 24.3 Å². The summed E-state index contributed by atoms with van der Waals surface area (Å²) in [5.41, 5.74) is 0.475. The molecule has 2 aliphatic heterocycles. The topological polar surface area (TPSA) is 125 Å². The fraction of sp³-hybridized carbons (Fsp3) is 0.467. The monoisotopic (exact) mass is 392 g/mol. The van der Waals surface area contributed by atoms with Crippen LogP contribution in [0.5, 0.6) is 0 Å². The van der Waals surface area contributed by atoms with E-state index >= 15 is 0 Å². The minimum Gasteiger partial charge on any atom is -0.543 e. The van der Waals surface area contributed by atoms with E-state index in [0.29, 0.717) is 11.3 Å². The number of ether oxygens (including phenoxy) is 2. The zero-order valence-electron chi connectivity index (χ0n) is 14.9. The summed E-state index contributed by atoms with van der Waals surface area (Å²) < 4.78 is 9.34. The van der Waals surface area contributed by atoms with Gasteiger partial charge >= 0.3 is 41.5 Å². The zero-order valence-corrected chi connectivity index (χ0v) is 17.7. The average Bonchev–Trinajstić information content (AvgIpc) is 2.56. The van der Waals surface area contributed by atoms with Crippen molar-refractivity contribution in [3.05, 3.63) is 23.0 Å². The van der Waals surface area contributed by atoms with Crippen LogP contribution in [0.15, 0.2) is 23.0 Å². The molecule has 0 aliphatic carbocycles. The molecule has 1 saturated heterocycles. The molecule has 2 aliphatic rings. The maximum atomic E-state index is 12.4. The van der Waals surface area contributed by atoms with Gasteiger partial charge in [0.15, 0.2) is 0 Å². The summed E-state index contributed by atoms with van der Waals surface area (Å²) in [4.78, 5) is 47.1. The predicted octanol–water partition coefficient (Wildman–Crippen LogP) is -4.49. The molecule has 0 radical (unpaired) electrons. The first-order chi connectivity index (χ1) is 11.8. The number of methoxy groups -OCH3 is 1. The van der Waals surface area contributed by atoms with E-state index in [4.69, 9.17) is 4.74 Å². The second-order valence-electron chi connectivity index (χ2n) is 5.40. The van der Waals surface area contributed by atoms with Gasteiger partial charge in [-0.15, -0.1) is 11.8 Å². The number of rotatable bonds is 6. The Morgan fingerprint density at radius 1 is 1.38 bits per heavy atom. The second kappa shape index (κ2) is 9.45. The molecular weight excluding hydrogens is 375 g/mol. The number of carboxylic acid groups (broad SMARTS) is 1. The molecule has 0 saturated carbocycles. The van der Waals surface area contributed by atoms with Crippen LogP contribution in [0.4, 0.5) is 0 Å². The number of thioether (sulfide) groups is 1. The SMILES string of the molecule is COC(=O)C=C(C)N[C@@H]1C(=O)N2C(C(=O)[O-])=C(COC(C)=O)CS[C@H]12.[Na+]. The van der Waals surface area contributed by atoms with E-state index in [1.54, 1.807) is 6.92 Å². The molecule has 9 nitrogen and oxygen atoms in total. The Balaban J connectivity index is 0.00000338. The van der Waals surface area contributed by atoms with E-state index < -0.39 is 35.2 Å². The van der Waals surface area contributed by atoms with Crippen LogP contribution in [-0.4, -0.2) is 59.6 Å². The van der Waals surface area contributed by atoms with Gasteiger partial charge in [0.2, 0.25) is 0 Å². The normalized spacial score (nSPS) is 21.9. The van der Waals surface area contributed by atoms with Crippen molar-refractivity contribution >= 4 is 35.6 Å². The number of allylic oxidation sites excluding steroid dienone is 1. The van der Waals surface area contributed by atoms with Crippen molar-refractivity contribution < 1.29 is 63.3 Å². The molecule has 1 amide bonds. The number of hydrogen-bond donors (Lipinski definition) is 1. The molecular formula is C15H17N2NaO7S. The van der Waals surface area contributed by atoms with Gasteiger partial charge in [-0.1, -0.05) is 0 Å². The van der Waals surface area contributed by atoms with E-state index in [-0.39, 0.29) is 47.6 Å². The Morgan fingerprint density at radius 3 is 2.58 bits per heavy atom. The molecule has 1 fully saturated rings. The van der Waals surface area contributed by atoms with Crippen molar-refractivity contribution in [3.63, 3.8) is 0 Å². The number of hydrogen-bond acceptors (Lipinski definition) is 9. The summed E-state index contributed by atoms with van der Waals surface area (Å²) in [6, 6.07) is -0.671. The van der Waals surface area contributed by atoms with E-state index in [0.717, 1.165) is 4.90 Å². The molecule has 26 heavy (non-hydrogen) atoms. The molecule has 2 atom stereocenters. The molecule has 2 heterocycles. The summed E-state index contributed by atoms with van der Waals surface area (Å²) in [7, 11) is 1.24. The Hall–Kier alpha value is -1.49. The molecule has 2 rings (SSSR count). The number of aliphatic carboxylic acids is 1. The zero-order chi connectivity index (χ0) is 18.7. The number of carbonyl (C=O) groups excluding carboxylic acids is 4. The van der Waals surface area contributed by atoms with Crippen LogP contribution in [0.25, 0.3) is 0 Å². The van der Waals surface area contributed by atoms with Crippen molar-refractivity contribution in [2.45, 2.75) is 25.3 Å². The number of nitrogens with one attached hydrogen (secondary N) is 1. The van der Waals surface area contributed by atoms with Crippen LogP contribution in [-0.2, 0) is 28.7 Å². The van der Waals surface area contributed by atoms with Crippen LogP contribution in [0, 0.1) is 0 Å². The van der Waals surface area contributed by atoms with Crippen molar-refractivity contribution in [1.82, 2.24) is 10.2 Å². The number of nitrogens with zero attached hydrogens (tertiary/aromatic N) is 1. The average molecular weight is 392 g/mol. The van der Waals surface area contributed by atoms with Crippen molar-refractivity contribution in [1.29, 1.82) is 0 Å². The summed E-state index contributed by atoms with van der Waals surface area (Å²) in [6.07, 6.45) is 1.20. The molecule has 0 aromatic heterocycles. The van der Waals surface area contributed by atoms with Crippen LogP contribution < -0.4 is 40.0 Å². The predicted molar refractivity (Wildman–Crippen MR) is 84.5 cm³/mol. The standard InChI is InChI=1S/C15H18N2O7S.Na/c1-7(4-10(19)23-3)16-11-13(20)17-12(15(21)22)9(5-24-8(2)18)6-25-14(11)17;/h4,11,14,16H,5-6H2,1-3H3,(H,21,22);/q;+1/p-1/t11-,14-;/m1./s1. The quantitative estimate of drug-likeness (QED) is 0.206. The number of carboxylic acids is 1. The third-order valence-electron chi connectivity index (χ3n) is 3.61. The maximum Gasteiger partial charge on any atom is 1.00 e. The second-order valence-corrected chi connectivity index (χ2v) is 6.51. The van der Waals surface area contributed by atoms with Crippen LogP contribution in [0.3, 0.4) is 0 Å². The van der Waals surface area contributed by atoms with E-state index in [2.05, 4.69) is 10.1 Å². The number of β-lactam (4-membered cyclic amide) rings is 1. The van der Waals surface area contributed by atoms with Gasteiger partial charge in [0.25, 0.3) is 5.91 Å². The van der Waals surface area contributed by atoms with Gasteiger partial charge in [-0.25, -0.2) is 4.79 Å². The number of esters is 2. The first-order valence-electron chi connectivity index (χ1n) is 7.30. The number of amides is 1. The molecule has 0 unspecified atom stereocenters. The van der Waals surface area contributed by atoms with Crippen LogP contribution in [0.2, 0.25) is 0 Å². The van der Waals surface area contributed by atoms with Gasteiger partial charge in [-0.2, -0.15) is 0 Å². The maximum absolute atomic E-state index is 12.4. The molecule has 0 spiro atoms. The Morgan fingerprint density at radius 2 is 2.04 bits per heavy atom. The molecule has 11 heteroatoms. The Labute approximate surface area is 176 Å². The molecule has 0 aromatic rings. The van der Waals surface area contributed by atoms with Crippen molar-refractivity contribution in [2.75, 3.05) is 19.5 Å². The summed E-state index contributed by atoms with van der Waals surface area (Å²) in [5.74, 6) is -2.79. The molecule has 0 bridgehead atoms. The van der Waals surface area contributed by atoms with Crippen molar-refractivity contribution in [3.8, 4) is 0 Å². The van der Waals surface area contributed by atoms with Gasteiger partial charge in [0.1, 0.15) is 18.0 Å². The number of fused-ring (bicyclic) bond motifs is 1. The molecule has 136 valence electrons. The van der Waals surface area contributed by atoms with Crippen LogP contribution in [0.1, 0.15) is 13.8 Å². The van der Waals surface area contributed by atoms with E-state index in [1.165, 1.54) is 31.9 Å². The minimum atomic E-state index is -1.50. The van der Waals surface area contributed by atoms with Gasteiger partial charge in [0.05, 0.1) is 18.8 Å². The number of carbonyl (C=O) groups is 4.